The normalized spacial score (nSPS) is 11.8. The standard InChI is InChI=1S/C12H19NO3S/c1-4-17(14,15)13(3)8-9-16-12-7-5-6-11(2)10-12/h5-7,10H,4,8-9H2,1-3H3. The van der Waals surface area contributed by atoms with Gasteiger partial charge < -0.3 is 4.74 Å². The molecule has 0 fully saturated rings. The lowest BCUT2D eigenvalue weighted by molar-refractivity contribution is 0.287. The fraction of sp³-hybridized carbons (Fsp3) is 0.500. The van der Waals surface area contributed by atoms with Crippen molar-refractivity contribution in [1.82, 2.24) is 4.31 Å². The fourth-order valence-electron chi connectivity index (χ4n) is 1.36. The molecule has 0 aromatic heterocycles. The zero-order chi connectivity index (χ0) is 12.9. The highest BCUT2D eigenvalue weighted by Gasteiger charge is 2.14. The number of rotatable bonds is 6. The van der Waals surface area contributed by atoms with E-state index < -0.39 is 10.0 Å². The van der Waals surface area contributed by atoms with E-state index >= 15 is 0 Å². The van der Waals surface area contributed by atoms with Gasteiger partial charge in [-0.1, -0.05) is 12.1 Å². The minimum absolute atomic E-state index is 0.119. The van der Waals surface area contributed by atoms with Gasteiger partial charge in [0.25, 0.3) is 0 Å². The molecule has 0 bridgehead atoms. The first-order valence-electron chi connectivity index (χ1n) is 5.59. The molecule has 0 amide bonds. The van der Waals surface area contributed by atoms with Gasteiger partial charge in [0.05, 0.1) is 5.75 Å². The molecule has 1 aromatic rings. The average Bonchev–Trinajstić information content (AvgIpc) is 2.29. The van der Waals surface area contributed by atoms with Crippen LogP contribution in [0.25, 0.3) is 0 Å². The van der Waals surface area contributed by atoms with Gasteiger partial charge in [-0.2, -0.15) is 0 Å². The number of hydrogen-bond donors (Lipinski definition) is 0. The lowest BCUT2D eigenvalue weighted by atomic mass is 10.2. The van der Waals surface area contributed by atoms with Crippen LogP contribution in [-0.2, 0) is 10.0 Å². The van der Waals surface area contributed by atoms with E-state index in [9.17, 15) is 8.42 Å². The summed E-state index contributed by atoms with van der Waals surface area (Å²) in [5, 5.41) is 0. The fourth-order valence-corrected chi connectivity index (χ4v) is 2.15. The molecule has 0 saturated carbocycles. The summed E-state index contributed by atoms with van der Waals surface area (Å²) in [5.41, 5.74) is 1.12. The number of benzene rings is 1. The summed E-state index contributed by atoms with van der Waals surface area (Å²) in [4.78, 5) is 0. The second kappa shape index (κ2) is 6.02. The highest BCUT2D eigenvalue weighted by atomic mass is 32.2. The third kappa shape index (κ3) is 4.36. The molecule has 4 nitrogen and oxygen atoms in total. The summed E-state index contributed by atoms with van der Waals surface area (Å²) in [7, 11) is -1.54. The Bertz CT molecular complexity index is 457. The predicted octanol–water partition coefficient (Wildman–Crippen LogP) is 1.66. The van der Waals surface area contributed by atoms with Gasteiger partial charge in [0, 0.05) is 13.6 Å². The Balaban J connectivity index is 2.43. The highest BCUT2D eigenvalue weighted by molar-refractivity contribution is 7.89. The van der Waals surface area contributed by atoms with Gasteiger partial charge in [0.2, 0.25) is 10.0 Å². The van der Waals surface area contributed by atoms with Crippen LogP contribution in [0, 0.1) is 6.92 Å². The number of nitrogens with zero attached hydrogens (tertiary/aromatic N) is 1. The molecule has 1 aromatic carbocycles. The average molecular weight is 257 g/mol. The third-order valence-electron chi connectivity index (χ3n) is 2.50. The number of sulfonamides is 1. The molecule has 5 heteroatoms. The van der Waals surface area contributed by atoms with Crippen molar-refractivity contribution in [1.29, 1.82) is 0 Å². The zero-order valence-electron chi connectivity index (χ0n) is 10.5. The first-order chi connectivity index (χ1) is 7.95. The molecule has 0 radical (unpaired) electrons. The van der Waals surface area contributed by atoms with E-state index in [0.29, 0.717) is 13.2 Å². The Morgan fingerprint density at radius 2 is 2.06 bits per heavy atom. The van der Waals surface area contributed by atoms with E-state index in [1.165, 1.54) is 4.31 Å². The molecular weight excluding hydrogens is 238 g/mol. The van der Waals surface area contributed by atoms with Crippen LogP contribution >= 0.6 is 0 Å². The van der Waals surface area contributed by atoms with Crippen LogP contribution in [0.15, 0.2) is 24.3 Å². The van der Waals surface area contributed by atoms with Crippen molar-refractivity contribution in [2.45, 2.75) is 13.8 Å². The minimum atomic E-state index is -3.11. The second-order valence-corrected chi connectivity index (χ2v) is 6.25. The van der Waals surface area contributed by atoms with E-state index in [0.717, 1.165) is 11.3 Å². The van der Waals surface area contributed by atoms with Crippen molar-refractivity contribution in [2.75, 3.05) is 26.0 Å². The first-order valence-corrected chi connectivity index (χ1v) is 7.20. The number of hydrogen-bond acceptors (Lipinski definition) is 3. The summed E-state index contributed by atoms with van der Waals surface area (Å²) in [5.74, 6) is 0.890. The highest BCUT2D eigenvalue weighted by Crippen LogP contribution is 2.12. The predicted molar refractivity (Wildman–Crippen MR) is 68.8 cm³/mol. The van der Waals surface area contributed by atoms with Gasteiger partial charge >= 0.3 is 0 Å². The summed E-state index contributed by atoms with van der Waals surface area (Å²) >= 11 is 0. The molecular formula is C12H19NO3S. The van der Waals surface area contributed by atoms with Crippen molar-refractivity contribution in [3.05, 3.63) is 29.8 Å². The minimum Gasteiger partial charge on any atom is -0.492 e. The van der Waals surface area contributed by atoms with Crippen LogP contribution in [0.2, 0.25) is 0 Å². The lowest BCUT2D eigenvalue weighted by Gasteiger charge is -2.16. The topological polar surface area (TPSA) is 46.6 Å². The monoisotopic (exact) mass is 257 g/mol. The van der Waals surface area contributed by atoms with E-state index in [4.69, 9.17) is 4.74 Å². The molecule has 0 aliphatic heterocycles. The van der Waals surface area contributed by atoms with Gasteiger partial charge in [-0.25, -0.2) is 12.7 Å². The quantitative estimate of drug-likeness (QED) is 0.778. The van der Waals surface area contributed by atoms with Gasteiger partial charge in [-0.05, 0) is 31.5 Å². The van der Waals surface area contributed by atoms with Gasteiger partial charge in [-0.15, -0.1) is 0 Å². The molecule has 0 atom stereocenters. The molecule has 0 saturated heterocycles. The molecule has 0 aliphatic rings. The van der Waals surface area contributed by atoms with Crippen LogP contribution < -0.4 is 4.74 Å². The van der Waals surface area contributed by atoms with E-state index in [2.05, 4.69) is 0 Å². The van der Waals surface area contributed by atoms with E-state index in [-0.39, 0.29) is 5.75 Å². The van der Waals surface area contributed by atoms with Gasteiger partial charge in [-0.3, -0.25) is 0 Å². The van der Waals surface area contributed by atoms with Crippen molar-refractivity contribution >= 4 is 10.0 Å². The number of ether oxygens (including phenoxy) is 1. The Hall–Kier alpha value is -1.07. The maximum absolute atomic E-state index is 11.5. The molecule has 1 rings (SSSR count). The van der Waals surface area contributed by atoms with Crippen LogP contribution in [0.1, 0.15) is 12.5 Å². The zero-order valence-corrected chi connectivity index (χ0v) is 11.3. The SMILES string of the molecule is CCS(=O)(=O)N(C)CCOc1cccc(C)c1. The van der Waals surface area contributed by atoms with E-state index in [1.807, 2.05) is 31.2 Å². The maximum atomic E-state index is 11.5. The van der Waals surface area contributed by atoms with E-state index in [1.54, 1.807) is 14.0 Å². The Morgan fingerprint density at radius 3 is 2.65 bits per heavy atom. The summed E-state index contributed by atoms with van der Waals surface area (Å²) in [6.07, 6.45) is 0. The lowest BCUT2D eigenvalue weighted by Crippen LogP contribution is -2.32. The van der Waals surface area contributed by atoms with Gasteiger partial charge in [0.1, 0.15) is 12.4 Å². The molecule has 0 heterocycles. The third-order valence-corrected chi connectivity index (χ3v) is 4.37. The Labute approximate surface area is 103 Å². The van der Waals surface area contributed by atoms with Crippen LogP contribution in [0.4, 0.5) is 0 Å². The van der Waals surface area contributed by atoms with Crippen molar-refractivity contribution in [3.63, 3.8) is 0 Å². The molecule has 0 aliphatic carbocycles. The Kier molecular flexibility index (Phi) is 4.96. The largest absolute Gasteiger partial charge is 0.492 e. The van der Waals surface area contributed by atoms with Crippen LogP contribution in [0.3, 0.4) is 0 Å². The smallest absolute Gasteiger partial charge is 0.213 e. The second-order valence-electron chi connectivity index (χ2n) is 3.89. The summed E-state index contributed by atoms with van der Waals surface area (Å²) in [6.45, 7) is 4.34. The summed E-state index contributed by atoms with van der Waals surface area (Å²) < 4.78 is 29.7. The first kappa shape index (κ1) is 14.0. The van der Waals surface area contributed by atoms with Crippen LogP contribution in [-0.4, -0.2) is 38.7 Å². The number of likely N-dealkylation sites (N-methyl/N-ethyl adjacent to an activating group) is 1. The molecule has 0 unspecified atom stereocenters. The molecule has 96 valence electrons. The van der Waals surface area contributed by atoms with Crippen molar-refractivity contribution in [3.8, 4) is 5.75 Å². The van der Waals surface area contributed by atoms with Crippen LogP contribution in [0.5, 0.6) is 5.75 Å². The molecule has 0 spiro atoms. The molecule has 17 heavy (non-hydrogen) atoms. The molecule has 0 N–H and O–H groups in total. The van der Waals surface area contributed by atoms with Crippen molar-refractivity contribution in [2.24, 2.45) is 0 Å². The van der Waals surface area contributed by atoms with Gasteiger partial charge in [0.15, 0.2) is 0 Å². The number of aryl methyl sites for hydroxylation is 1. The maximum Gasteiger partial charge on any atom is 0.213 e. The van der Waals surface area contributed by atoms with Crippen molar-refractivity contribution < 1.29 is 13.2 Å². The Morgan fingerprint density at radius 1 is 1.35 bits per heavy atom. The summed E-state index contributed by atoms with van der Waals surface area (Å²) in [6, 6.07) is 7.69.